The van der Waals surface area contributed by atoms with E-state index in [1.54, 1.807) is 0 Å². The van der Waals surface area contributed by atoms with Crippen LogP contribution in [0.2, 0.25) is 5.02 Å². The summed E-state index contributed by atoms with van der Waals surface area (Å²) in [6.07, 6.45) is 5.24. The van der Waals surface area contributed by atoms with Gasteiger partial charge in [-0.1, -0.05) is 55.0 Å². The number of thioether (sulfide) groups is 1. The first-order valence-corrected chi connectivity index (χ1v) is 12.1. The molecule has 0 spiro atoms. The number of halogens is 1. The summed E-state index contributed by atoms with van der Waals surface area (Å²) >= 11 is 8.56. The van der Waals surface area contributed by atoms with Gasteiger partial charge in [-0.25, -0.2) is 0 Å². The fraction of sp³-hybridized carbons (Fsp3) is 0.308. The van der Waals surface area contributed by atoms with Gasteiger partial charge in [0.05, 0.1) is 0 Å². The van der Waals surface area contributed by atoms with E-state index in [9.17, 15) is 0 Å². The van der Waals surface area contributed by atoms with Crippen LogP contribution in [0.3, 0.4) is 0 Å². The molecule has 2 atom stereocenters. The third kappa shape index (κ3) is 3.18. The van der Waals surface area contributed by atoms with Gasteiger partial charge in [0.15, 0.2) is 0 Å². The van der Waals surface area contributed by atoms with Crippen molar-refractivity contribution >= 4 is 53.7 Å². The zero-order valence-corrected chi connectivity index (χ0v) is 19.5. The number of benzene rings is 3. The molecule has 0 amide bonds. The molecule has 1 fully saturated rings. The standard InChI is InChI=1S/C26H27BClNS/c1-25-12-6-7-13-26(25,2)30-24-11-10-21(17-23(24)25)29(20-8-4-3-5-9-20)22-15-18(27)14-19(28)16-22/h3-5,8-11,14-17H,6-7,12-13,27H2,1-2H3. The van der Waals surface area contributed by atoms with Gasteiger partial charge in [0, 0.05) is 37.1 Å². The molecule has 0 aromatic heterocycles. The van der Waals surface area contributed by atoms with Gasteiger partial charge in [0.2, 0.25) is 0 Å². The van der Waals surface area contributed by atoms with Crippen molar-refractivity contribution in [3.63, 3.8) is 0 Å². The smallest absolute Gasteiger partial charge is 0.139 e. The van der Waals surface area contributed by atoms with Crippen LogP contribution in [0.15, 0.2) is 71.6 Å². The molecule has 1 nitrogen and oxygen atoms in total. The van der Waals surface area contributed by atoms with Crippen molar-refractivity contribution in [3.05, 3.63) is 77.3 Å². The maximum absolute atomic E-state index is 6.46. The van der Waals surface area contributed by atoms with E-state index in [1.165, 1.54) is 47.3 Å². The van der Waals surface area contributed by atoms with Crippen LogP contribution < -0.4 is 10.4 Å². The number of fused-ring (bicyclic) bond motifs is 3. The molecular formula is C26H27BClNS. The molecule has 3 aromatic carbocycles. The molecule has 152 valence electrons. The third-order valence-electron chi connectivity index (χ3n) is 7.20. The Morgan fingerprint density at radius 3 is 2.40 bits per heavy atom. The minimum Gasteiger partial charge on any atom is -0.310 e. The molecule has 3 aromatic rings. The van der Waals surface area contributed by atoms with Gasteiger partial charge in [-0.05, 0) is 73.9 Å². The number of hydrogen-bond donors (Lipinski definition) is 0. The van der Waals surface area contributed by atoms with Crippen LogP contribution in [0, 0.1) is 0 Å². The van der Waals surface area contributed by atoms with E-state index in [2.05, 4.69) is 99.0 Å². The Hall–Kier alpha value is -1.84. The summed E-state index contributed by atoms with van der Waals surface area (Å²) in [5.74, 6) is 0. The number of rotatable bonds is 3. The molecule has 1 aliphatic carbocycles. The lowest BCUT2D eigenvalue weighted by Gasteiger charge is -2.45. The van der Waals surface area contributed by atoms with E-state index < -0.39 is 0 Å². The van der Waals surface area contributed by atoms with Crippen molar-refractivity contribution in [2.45, 2.75) is 54.6 Å². The van der Waals surface area contributed by atoms with Gasteiger partial charge in [-0.15, -0.1) is 11.8 Å². The maximum Gasteiger partial charge on any atom is 0.139 e. The fourth-order valence-corrected chi connectivity index (χ4v) is 7.34. The van der Waals surface area contributed by atoms with Crippen molar-refractivity contribution in [3.8, 4) is 0 Å². The van der Waals surface area contributed by atoms with Crippen LogP contribution in [0.4, 0.5) is 17.1 Å². The van der Waals surface area contributed by atoms with Crippen LogP contribution in [-0.4, -0.2) is 12.6 Å². The number of para-hydroxylation sites is 1. The Labute approximate surface area is 190 Å². The molecule has 0 saturated heterocycles. The first-order valence-electron chi connectivity index (χ1n) is 10.9. The Morgan fingerprint density at radius 2 is 1.63 bits per heavy atom. The molecule has 0 N–H and O–H groups in total. The number of nitrogens with zero attached hydrogens (tertiary/aromatic N) is 1. The van der Waals surface area contributed by atoms with Crippen LogP contribution in [-0.2, 0) is 5.41 Å². The summed E-state index contributed by atoms with van der Waals surface area (Å²) in [5, 5.41) is 0.773. The zero-order chi connectivity index (χ0) is 20.9. The second kappa shape index (κ2) is 7.39. The van der Waals surface area contributed by atoms with Crippen molar-refractivity contribution in [1.82, 2.24) is 0 Å². The molecule has 5 rings (SSSR count). The van der Waals surface area contributed by atoms with E-state index in [-0.39, 0.29) is 5.41 Å². The van der Waals surface area contributed by atoms with Crippen molar-refractivity contribution in [2.24, 2.45) is 0 Å². The Kier molecular flexibility index (Phi) is 4.95. The first-order chi connectivity index (χ1) is 14.4. The zero-order valence-electron chi connectivity index (χ0n) is 17.9. The van der Waals surface area contributed by atoms with Gasteiger partial charge in [-0.2, -0.15) is 0 Å². The number of hydrogen-bond acceptors (Lipinski definition) is 2. The van der Waals surface area contributed by atoms with Crippen molar-refractivity contribution in [1.29, 1.82) is 0 Å². The van der Waals surface area contributed by atoms with Crippen LogP contribution in [0.5, 0.6) is 0 Å². The Balaban J connectivity index is 1.67. The highest BCUT2D eigenvalue weighted by molar-refractivity contribution is 8.01. The summed E-state index contributed by atoms with van der Waals surface area (Å²) < 4.78 is 0.302. The average molecular weight is 432 g/mol. The predicted octanol–water partition coefficient (Wildman–Crippen LogP) is 6.76. The van der Waals surface area contributed by atoms with E-state index in [0.29, 0.717) is 4.75 Å². The normalized spacial score (nSPS) is 24.9. The second-order valence-corrected chi connectivity index (χ2v) is 11.2. The molecule has 0 radical (unpaired) electrons. The monoisotopic (exact) mass is 431 g/mol. The number of anilines is 3. The SMILES string of the molecule is Bc1cc(Cl)cc(N(c2ccccc2)c2ccc3c(c2)C2(C)CCCCC2(C)S3)c1. The lowest BCUT2D eigenvalue weighted by Crippen LogP contribution is -2.43. The quantitative estimate of drug-likeness (QED) is 0.421. The van der Waals surface area contributed by atoms with Crippen LogP contribution in [0.25, 0.3) is 0 Å². The highest BCUT2D eigenvalue weighted by atomic mass is 35.5. The molecule has 30 heavy (non-hydrogen) atoms. The van der Waals surface area contributed by atoms with Crippen LogP contribution >= 0.6 is 23.4 Å². The molecule has 1 saturated carbocycles. The molecule has 2 unspecified atom stereocenters. The van der Waals surface area contributed by atoms with E-state index in [0.717, 1.165) is 16.4 Å². The Bertz CT molecular complexity index is 1080. The first kappa shape index (κ1) is 20.1. The van der Waals surface area contributed by atoms with E-state index >= 15 is 0 Å². The summed E-state index contributed by atoms with van der Waals surface area (Å²) in [7, 11) is 2.10. The van der Waals surface area contributed by atoms with Gasteiger partial charge in [-0.3, -0.25) is 0 Å². The summed E-state index contributed by atoms with van der Waals surface area (Å²) in [6, 6.07) is 24.0. The molecule has 4 heteroatoms. The molecular weight excluding hydrogens is 405 g/mol. The average Bonchev–Trinajstić information content (AvgIpc) is 2.95. The molecule has 1 aliphatic heterocycles. The second-order valence-electron chi connectivity index (χ2n) is 9.21. The molecule has 2 aliphatic rings. The van der Waals surface area contributed by atoms with Crippen LogP contribution in [0.1, 0.15) is 45.1 Å². The highest BCUT2D eigenvalue weighted by Crippen LogP contribution is 2.63. The van der Waals surface area contributed by atoms with Crippen molar-refractivity contribution < 1.29 is 0 Å². The minimum atomic E-state index is 0.230. The highest BCUT2D eigenvalue weighted by Gasteiger charge is 2.53. The minimum absolute atomic E-state index is 0.230. The third-order valence-corrected chi connectivity index (χ3v) is 9.10. The summed E-state index contributed by atoms with van der Waals surface area (Å²) in [4.78, 5) is 3.80. The predicted molar refractivity (Wildman–Crippen MR) is 134 cm³/mol. The fourth-order valence-electron chi connectivity index (χ4n) is 5.35. The van der Waals surface area contributed by atoms with Crippen molar-refractivity contribution in [2.75, 3.05) is 4.90 Å². The van der Waals surface area contributed by atoms with E-state index in [1.807, 2.05) is 6.07 Å². The van der Waals surface area contributed by atoms with Gasteiger partial charge < -0.3 is 4.90 Å². The Morgan fingerprint density at radius 1 is 0.867 bits per heavy atom. The molecule has 1 heterocycles. The summed E-state index contributed by atoms with van der Waals surface area (Å²) in [6.45, 7) is 4.97. The topological polar surface area (TPSA) is 3.24 Å². The molecule has 0 bridgehead atoms. The van der Waals surface area contributed by atoms with E-state index in [4.69, 9.17) is 11.6 Å². The summed E-state index contributed by atoms with van der Waals surface area (Å²) in [5.41, 5.74) is 6.38. The lowest BCUT2D eigenvalue weighted by molar-refractivity contribution is 0.260. The van der Waals surface area contributed by atoms with Gasteiger partial charge in [0.25, 0.3) is 0 Å². The maximum atomic E-state index is 6.46. The van der Waals surface area contributed by atoms with Gasteiger partial charge in [0.1, 0.15) is 7.85 Å². The van der Waals surface area contributed by atoms with Gasteiger partial charge >= 0.3 is 0 Å². The largest absolute Gasteiger partial charge is 0.310 e. The lowest BCUT2D eigenvalue weighted by atomic mass is 9.64.